The third-order valence-electron chi connectivity index (χ3n) is 2.55. The summed E-state index contributed by atoms with van der Waals surface area (Å²) >= 11 is 0. The highest BCUT2D eigenvalue weighted by Crippen LogP contribution is 2.22. The molecule has 1 heterocycles. The molecule has 0 aromatic carbocycles. The van der Waals surface area contributed by atoms with Gasteiger partial charge in [0.25, 0.3) is 0 Å². The van der Waals surface area contributed by atoms with E-state index in [1.165, 1.54) is 12.8 Å². The number of hydrogen-bond acceptors (Lipinski definition) is 1. The zero-order chi connectivity index (χ0) is 9.14. The van der Waals surface area contributed by atoms with Crippen LogP contribution in [-0.2, 0) is 4.79 Å². The molecule has 0 aromatic rings. The van der Waals surface area contributed by atoms with Gasteiger partial charge in [-0.15, -0.1) is 0 Å². The van der Waals surface area contributed by atoms with Gasteiger partial charge < -0.3 is 4.90 Å². The van der Waals surface area contributed by atoms with Gasteiger partial charge >= 0.3 is 0 Å². The Morgan fingerprint density at radius 1 is 1.50 bits per heavy atom. The molecule has 0 bridgehead atoms. The van der Waals surface area contributed by atoms with Gasteiger partial charge in [-0.05, 0) is 18.3 Å². The summed E-state index contributed by atoms with van der Waals surface area (Å²) in [5.74, 6) is 1.82. The normalized spacial score (nSPS) is 18.2. The number of nitrogens with zero attached hydrogens (tertiary/aromatic N) is 1. The Morgan fingerprint density at radius 2 is 2.08 bits per heavy atom. The fourth-order valence-electron chi connectivity index (χ4n) is 1.58. The van der Waals surface area contributed by atoms with E-state index < -0.39 is 0 Å². The van der Waals surface area contributed by atoms with E-state index >= 15 is 0 Å². The summed E-state index contributed by atoms with van der Waals surface area (Å²) in [7, 11) is 0. The van der Waals surface area contributed by atoms with E-state index in [1.54, 1.807) is 6.92 Å². The number of carbonyl (C=O) groups excluding carboxylic acids is 1. The molecule has 1 fully saturated rings. The maximum Gasteiger partial charge on any atom is 0.219 e. The molecule has 0 unspecified atom stereocenters. The summed E-state index contributed by atoms with van der Waals surface area (Å²) in [6.07, 6.45) is 2.60. The van der Waals surface area contributed by atoms with Crippen molar-refractivity contribution in [2.45, 2.75) is 33.6 Å². The third kappa shape index (κ3) is 2.50. The molecule has 1 aliphatic heterocycles. The van der Waals surface area contributed by atoms with Gasteiger partial charge in [0.15, 0.2) is 0 Å². The monoisotopic (exact) mass is 169 g/mol. The van der Waals surface area contributed by atoms with Crippen molar-refractivity contribution < 1.29 is 4.79 Å². The van der Waals surface area contributed by atoms with E-state index in [2.05, 4.69) is 13.8 Å². The Morgan fingerprint density at radius 3 is 2.50 bits per heavy atom. The minimum absolute atomic E-state index is 0.232. The standard InChI is InChI=1S/C10H19NO/c1-8(2)4-5-10-6-11(7-10)9(3)12/h8,10H,4-7H2,1-3H3. The van der Waals surface area contributed by atoms with Gasteiger partial charge in [-0.3, -0.25) is 4.79 Å². The number of hydrogen-bond donors (Lipinski definition) is 0. The van der Waals surface area contributed by atoms with Crippen molar-refractivity contribution in [3.63, 3.8) is 0 Å². The van der Waals surface area contributed by atoms with E-state index in [4.69, 9.17) is 0 Å². The minimum atomic E-state index is 0.232. The largest absolute Gasteiger partial charge is 0.342 e. The molecule has 2 nitrogen and oxygen atoms in total. The molecule has 0 saturated carbocycles. The predicted molar refractivity (Wildman–Crippen MR) is 49.8 cm³/mol. The maximum atomic E-state index is 10.8. The fourth-order valence-corrected chi connectivity index (χ4v) is 1.58. The van der Waals surface area contributed by atoms with Gasteiger partial charge in [0.2, 0.25) is 5.91 Å². The van der Waals surface area contributed by atoms with Gasteiger partial charge in [-0.1, -0.05) is 20.3 Å². The van der Waals surface area contributed by atoms with Crippen molar-refractivity contribution in [2.24, 2.45) is 11.8 Å². The first-order valence-corrected chi connectivity index (χ1v) is 4.85. The second-order valence-electron chi connectivity index (χ2n) is 4.26. The van der Waals surface area contributed by atoms with Crippen LogP contribution in [0.25, 0.3) is 0 Å². The van der Waals surface area contributed by atoms with Gasteiger partial charge in [0.1, 0.15) is 0 Å². The Kier molecular flexibility index (Phi) is 3.12. The van der Waals surface area contributed by atoms with Crippen molar-refractivity contribution in [2.75, 3.05) is 13.1 Å². The van der Waals surface area contributed by atoms with Gasteiger partial charge in [-0.2, -0.15) is 0 Å². The predicted octanol–water partition coefficient (Wildman–Crippen LogP) is 1.90. The molecule has 2 heteroatoms. The lowest BCUT2D eigenvalue weighted by atomic mass is 9.91. The van der Waals surface area contributed by atoms with Gasteiger partial charge in [-0.25, -0.2) is 0 Å². The zero-order valence-corrected chi connectivity index (χ0v) is 8.34. The smallest absolute Gasteiger partial charge is 0.219 e. The molecule has 0 aromatic heterocycles. The van der Waals surface area contributed by atoms with Crippen LogP contribution >= 0.6 is 0 Å². The Labute approximate surface area is 74.9 Å². The SMILES string of the molecule is CC(=O)N1CC(CCC(C)C)C1. The van der Waals surface area contributed by atoms with Gasteiger partial charge in [0.05, 0.1) is 0 Å². The van der Waals surface area contributed by atoms with Crippen molar-refractivity contribution >= 4 is 5.91 Å². The van der Waals surface area contributed by atoms with E-state index in [0.717, 1.165) is 24.9 Å². The first-order chi connectivity index (χ1) is 5.59. The van der Waals surface area contributed by atoms with Crippen molar-refractivity contribution in [1.82, 2.24) is 4.90 Å². The van der Waals surface area contributed by atoms with Gasteiger partial charge in [0, 0.05) is 20.0 Å². The van der Waals surface area contributed by atoms with E-state index in [-0.39, 0.29) is 5.91 Å². The van der Waals surface area contributed by atoms with Crippen LogP contribution in [0.3, 0.4) is 0 Å². The molecule has 12 heavy (non-hydrogen) atoms. The molecular formula is C10H19NO. The molecule has 1 saturated heterocycles. The summed E-state index contributed by atoms with van der Waals surface area (Å²) in [5, 5.41) is 0. The van der Waals surface area contributed by atoms with Crippen LogP contribution in [0.1, 0.15) is 33.6 Å². The Balaban J connectivity index is 2.06. The number of likely N-dealkylation sites (tertiary alicyclic amines) is 1. The fraction of sp³-hybridized carbons (Fsp3) is 0.900. The van der Waals surface area contributed by atoms with Crippen LogP contribution < -0.4 is 0 Å². The molecule has 0 N–H and O–H groups in total. The van der Waals surface area contributed by atoms with Crippen LogP contribution in [0.4, 0.5) is 0 Å². The minimum Gasteiger partial charge on any atom is -0.342 e. The molecule has 0 spiro atoms. The van der Waals surface area contributed by atoms with Crippen LogP contribution in [0.15, 0.2) is 0 Å². The summed E-state index contributed by atoms with van der Waals surface area (Å²) in [6, 6.07) is 0. The quantitative estimate of drug-likeness (QED) is 0.632. The summed E-state index contributed by atoms with van der Waals surface area (Å²) in [5.41, 5.74) is 0. The number of amides is 1. The lowest BCUT2D eigenvalue weighted by Gasteiger charge is -2.39. The van der Waals surface area contributed by atoms with Crippen molar-refractivity contribution in [3.8, 4) is 0 Å². The molecular weight excluding hydrogens is 150 g/mol. The molecule has 0 aliphatic carbocycles. The number of rotatable bonds is 3. The molecule has 1 rings (SSSR count). The van der Waals surface area contributed by atoms with E-state index in [9.17, 15) is 4.79 Å². The zero-order valence-electron chi connectivity index (χ0n) is 8.34. The highest BCUT2D eigenvalue weighted by atomic mass is 16.2. The summed E-state index contributed by atoms with van der Waals surface area (Å²) < 4.78 is 0. The Bertz CT molecular complexity index is 159. The van der Waals surface area contributed by atoms with Crippen LogP contribution in [-0.4, -0.2) is 23.9 Å². The first-order valence-electron chi connectivity index (χ1n) is 4.85. The molecule has 0 radical (unpaired) electrons. The van der Waals surface area contributed by atoms with Crippen molar-refractivity contribution in [1.29, 1.82) is 0 Å². The highest BCUT2D eigenvalue weighted by molar-refractivity contribution is 5.74. The second kappa shape index (κ2) is 3.92. The summed E-state index contributed by atoms with van der Waals surface area (Å²) in [4.78, 5) is 12.8. The molecule has 70 valence electrons. The lowest BCUT2D eigenvalue weighted by Crippen LogP contribution is -2.48. The van der Waals surface area contributed by atoms with Crippen LogP contribution in [0.5, 0.6) is 0 Å². The highest BCUT2D eigenvalue weighted by Gasteiger charge is 2.27. The van der Waals surface area contributed by atoms with Crippen LogP contribution in [0.2, 0.25) is 0 Å². The average Bonchev–Trinajstić information content (AvgIpc) is 1.82. The first kappa shape index (κ1) is 9.56. The van der Waals surface area contributed by atoms with E-state index in [0.29, 0.717) is 0 Å². The number of carbonyl (C=O) groups is 1. The molecule has 0 atom stereocenters. The van der Waals surface area contributed by atoms with Crippen LogP contribution in [0, 0.1) is 11.8 Å². The summed E-state index contributed by atoms with van der Waals surface area (Å²) in [6.45, 7) is 8.16. The maximum absolute atomic E-state index is 10.8. The lowest BCUT2D eigenvalue weighted by molar-refractivity contribution is -0.135. The second-order valence-corrected chi connectivity index (χ2v) is 4.26. The molecule has 1 aliphatic rings. The van der Waals surface area contributed by atoms with Crippen molar-refractivity contribution in [3.05, 3.63) is 0 Å². The third-order valence-corrected chi connectivity index (χ3v) is 2.55. The van der Waals surface area contributed by atoms with E-state index in [1.807, 2.05) is 4.90 Å². The Hall–Kier alpha value is -0.530. The molecule has 1 amide bonds. The average molecular weight is 169 g/mol. The topological polar surface area (TPSA) is 20.3 Å².